The van der Waals surface area contributed by atoms with Crippen LogP contribution in [0.1, 0.15) is 10.4 Å². The minimum Gasteiger partial charge on any atom is -0.496 e. The molecule has 0 radical (unpaired) electrons. The van der Waals surface area contributed by atoms with E-state index in [9.17, 15) is 4.79 Å². The van der Waals surface area contributed by atoms with Crippen LogP contribution in [0.3, 0.4) is 0 Å². The van der Waals surface area contributed by atoms with Gasteiger partial charge in [-0.2, -0.15) is 5.10 Å². The van der Waals surface area contributed by atoms with Gasteiger partial charge in [-0.05, 0) is 26.2 Å². The maximum absolute atomic E-state index is 12.2. The smallest absolute Gasteiger partial charge is 0.259 e. The molecule has 1 heterocycles. The fraction of sp³-hybridized carbons (Fsp3) is 0.333. The molecule has 6 nitrogen and oxygen atoms in total. The molecule has 1 N–H and O–H groups in total. The molecule has 112 valence electrons. The highest BCUT2D eigenvalue weighted by atomic mass is 16.5. The summed E-state index contributed by atoms with van der Waals surface area (Å²) in [5.74, 6) is 0.342. The molecule has 0 aliphatic rings. The molecule has 2 aromatic rings. The van der Waals surface area contributed by atoms with Crippen LogP contribution in [0.4, 0.5) is 5.69 Å². The predicted molar refractivity (Wildman–Crippen MR) is 81.7 cm³/mol. The first-order valence-corrected chi connectivity index (χ1v) is 6.71. The topological polar surface area (TPSA) is 59.4 Å². The molecule has 0 fully saturated rings. The van der Waals surface area contributed by atoms with Crippen LogP contribution < -0.4 is 10.1 Å². The van der Waals surface area contributed by atoms with Crippen LogP contribution in [0.5, 0.6) is 5.75 Å². The monoisotopic (exact) mass is 288 g/mol. The maximum Gasteiger partial charge on any atom is 0.259 e. The van der Waals surface area contributed by atoms with Crippen molar-refractivity contribution in [2.45, 2.75) is 6.54 Å². The van der Waals surface area contributed by atoms with Crippen molar-refractivity contribution in [3.8, 4) is 5.75 Å². The Balaban J connectivity index is 2.03. The Labute approximate surface area is 124 Å². The van der Waals surface area contributed by atoms with Gasteiger partial charge in [-0.25, -0.2) is 0 Å². The fourth-order valence-electron chi connectivity index (χ4n) is 1.88. The molecule has 0 atom stereocenters. The Kier molecular flexibility index (Phi) is 4.94. The zero-order chi connectivity index (χ0) is 15.2. The van der Waals surface area contributed by atoms with Crippen LogP contribution in [0.15, 0.2) is 36.7 Å². The van der Waals surface area contributed by atoms with Crippen molar-refractivity contribution < 1.29 is 9.53 Å². The van der Waals surface area contributed by atoms with Crippen LogP contribution >= 0.6 is 0 Å². The molecule has 0 saturated heterocycles. The van der Waals surface area contributed by atoms with E-state index in [0.29, 0.717) is 17.0 Å². The van der Waals surface area contributed by atoms with Gasteiger partial charge >= 0.3 is 0 Å². The number of nitrogens with zero attached hydrogens (tertiary/aromatic N) is 3. The fourth-order valence-corrected chi connectivity index (χ4v) is 1.88. The summed E-state index contributed by atoms with van der Waals surface area (Å²) in [6.07, 6.45) is 3.46. The third kappa shape index (κ3) is 4.06. The number of rotatable bonds is 6. The van der Waals surface area contributed by atoms with E-state index in [4.69, 9.17) is 4.74 Å². The first-order valence-electron chi connectivity index (χ1n) is 6.71. The van der Waals surface area contributed by atoms with Crippen molar-refractivity contribution in [2.24, 2.45) is 0 Å². The minimum atomic E-state index is -0.209. The van der Waals surface area contributed by atoms with Gasteiger partial charge in [-0.15, -0.1) is 0 Å². The summed E-state index contributed by atoms with van der Waals surface area (Å²) in [5, 5.41) is 7.05. The van der Waals surface area contributed by atoms with E-state index in [1.165, 1.54) is 0 Å². The van der Waals surface area contributed by atoms with Gasteiger partial charge in [0.05, 0.1) is 31.1 Å². The number of anilines is 1. The number of nitrogens with one attached hydrogen (secondary N) is 1. The van der Waals surface area contributed by atoms with E-state index >= 15 is 0 Å². The second kappa shape index (κ2) is 6.90. The quantitative estimate of drug-likeness (QED) is 0.879. The Bertz CT molecular complexity index is 607. The summed E-state index contributed by atoms with van der Waals surface area (Å²) >= 11 is 0. The molecule has 0 bridgehead atoms. The summed E-state index contributed by atoms with van der Waals surface area (Å²) in [6, 6.07) is 7.12. The van der Waals surface area contributed by atoms with Gasteiger partial charge in [0.25, 0.3) is 5.91 Å². The molecular weight excluding hydrogens is 268 g/mol. The van der Waals surface area contributed by atoms with E-state index in [1.807, 2.05) is 26.4 Å². The highest BCUT2D eigenvalue weighted by molar-refractivity contribution is 6.06. The third-order valence-corrected chi connectivity index (χ3v) is 3.02. The van der Waals surface area contributed by atoms with Crippen molar-refractivity contribution >= 4 is 11.6 Å². The Morgan fingerprint density at radius 1 is 1.38 bits per heavy atom. The minimum absolute atomic E-state index is 0.209. The number of benzene rings is 1. The van der Waals surface area contributed by atoms with Crippen LogP contribution in [-0.4, -0.2) is 48.3 Å². The van der Waals surface area contributed by atoms with Gasteiger partial charge in [-0.3, -0.25) is 9.48 Å². The Morgan fingerprint density at radius 3 is 2.86 bits per heavy atom. The summed E-state index contributed by atoms with van der Waals surface area (Å²) in [6.45, 7) is 1.67. The van der Waals surface area contributed by atoms with Crippen molar-refractivity contribution in [1.29, 1.82) is 0 Å². The molecule has 1 aromatic heterocycles. The van der Waals surface area contributed by atoms with Crippen molar-refractivity contribution in [2.75, 3.05) is 33.1 Å². The Morgan fingerprint density at radius 2 is 2.14 bits per heavy atom. The molecule has 0 unspecified atom stereocenters. The van der Waals surface area contributed by atoms with E-state index in [-0.39, 0.29) is 5.91 Å². The number of carbonyl (C=O) groups excluding carboxylic acids is 1. The molecule has 0 aliphatic carbocycles. The number of carbonyl (C=O) groups is 1. The number of aromatic nitrogens is 2. The van der Waals surface area contributed by atoms with Gasteiger partial charge < -0.3 is 15.0 Å². The number of likely N-dealkylation sites (N-methyl/N-ethyl adjacent to an activating group) is 1. The molecule has 6 heteroatoms. The second-order valence-corrected chi connectivity index (χ2v) is 4.95. The molecule has 1 aromatic carbocycles. The molecular formula is C15H20N4O2. The second-order valence-electron chi connectivity index (χ2n) is 4.95. The molecule has 0 spiro atoms. The van der Waals surface area contributed by atoms with E-state index in [1.54, 1.807) is 36.2 Å². The summed E-state index contributed by atoms with van der Waals surface area (Å²) in [5.41, 5.74) is 1.17. The largest absolute Gasteiger partial charge is 0.496 e. The highest BCUT2D eigenvalue weighted by Crippen LogP contribution is 2.18. The van der Waals surface area contributed by atoms with E-state index in [2.05, 4.69) is 15.3 Å². The lowest BCUT2D eigenvalue weighted by Crippen LogP contribution is -2.18. The molecule has 2 rings (SSSR count). The predicted octanol–water partition coefficient (Wildman–Crippen LogP) is 1.71. The maximum atomic E-state index is 12.2. The van der Waals surface area contributed by atoms with Gasteiger partial charge in [-0.1, -0.05) is 12.1 Å². The van der Waals surface area contributed by atoms with Crippen molar-refractivity contribution in [3.05, 3.63) is 42.2 Å². The standard InChI is InChI=1S/C15H20N4O2/c1-18(2)8-9-19-11-12(10-16-19)17-15(20)13-6-4-5-7-14(13)21-3/h4-7,10-11H,8-9H2,1-3H3,(H,17,20). The lowest BCUT2D eigenvalue weighted by atomic mass is 10.2. The molecule has 0 aliphatic heterocycles. The first-order chi connectivity index (χ1) is 10.1. The summed E-state index contributed by atoms with van der Waals surface area (Å²) < 4.78 is 6.99. The van der Waals surface area contributed by atoms with E-state index < -0.39 is 0 Å². The van der Waals surface area contributed by atoms with Crippen LogP contribution in [0.2, 0.25) is 0 Å². The number of hydrogen-bond donors (Lipinski definition) is 1. The highest BCUT2D eigenvalue weighted by Gasteiger charge is 2.12. The van der Waals surface area contributed by atoms with Crippen LogP contribution in [0, 0.1) is 0 Å². The van der Waals surface area contributed by atoms with Gasteiger partial charge in [0.1, 0.15) is 5.75 Å². The first kappa shape index (κ1) is 15.1. The average Bonchev–Trinajstić information content (AvgIpc) is 2.92. The average molecular weight is 288 g/mol. The zero-order valence-electron chi connectivity index (χ0n) is 12.5. The van der Waals surface area contributed by atoms with Gasteiger partial charge in [0, 0.05) is 12.7 Å². The number of para-hydroxylation sites is 1. The lowest BCUT2D eigenvalue weighted by molar-refractivity contribution is 0.102. The summed E-state index contributed by atoms with van der Waals surface area (Å²) in [7, 11) is 5.56. The summed E-state index contributed by atoms with van der Waals surface area (Å²) in [4.78, 5) is 14.3. The zero-order valence-corrected chi connectivity index (χ0v) is 12.5. The van der Waals surface area contributed by atoms with Crippen LogP contribution in [-0.2, 0) is 6.54 Å². The SMILES string of the molecule is COc1ccccc1C(=O)Nc1cnn(CCN(C)C)c1. The number of hydrogen-bond acceptors (Lipinski definition) is 4. The number of amides is 1. The van der Waals surface area contributed by atoms with Gasteiger partial charge in [0.2, 0.25) is 0 Å². The molecule has 0 saturated carbocycles. The van der Waals surface area contributed by atoms with Crippen LogP contribution in [0.25, 0.3) is 0 Å². The molecule has 21 heavy (non-hydrogen) atoms. The lowest BCUT2D eigenvalue weighted by Gasteiger charge is -2.09. The number of methoxy groups -OCH3 is 1. The Hall–Kier alpha value is -2.34. The number of ether oxygens (including phenoxy) is 1. The third-order valence-electron chi connectivity index (χ3n) is 3.02. The normalized spacial score (nSPS) is 10.7. The van der Waals surface area contributed by atoms with E-state index in [0.717, 1.165) is 13.1 Å². The molecule has 1 amide bonds. The van der Waals surface area contributed by atoms with Crippen molar-refractivity contribution in [1.82, 2.24) is 14.7 Å². The van der Waals surface area contributed by atoms with Gasteiger partial charge in [0.15, 0.2) is 0 Å². The van der Waals surface area contributed by atoms with Crippen molar-refractivity contribution in [3.63, 3.8) is 0 Å².